The maximum atomic E-state index is 13.7. The molecule has 0 atom stereocenters. The monoisotopic (exact) mass is 458 g/mol. The molecule has 176 valence electrons. The largest absolute Gasteiger partial charge is 0.497 e. The molecule has 0 fully saturated rings. The van der Waals surface area contributed by atoms with Gasteiger partial charge in [0.15, 0.2) is 0 Å². The standard InChI is InChI=1S/C24H27FN2O6/c1-30-13-11-26(12-14-31-2)22-21(16-5-7-17(25)8-6-16)23(28)27(24(22)29)19-10-9-18(32-3)15-20(19)33-4/h5-10,15H,11-14H2,1-4H3. The highest BCUT2D eigenvalue weighted by atomic mass is 19.1. The van der Waals surface area contributed by atoms with Gasteiger partial charge in [-0.3, -0.25) is 9.59 Å². The molecule has 1 aliphatic heterocycles. The number of methoxy groups -OCH3 is 4. The van der Waals surface area contributed by atoms with Crippen molar-refractivity contribution in [2.75, 3.05) is 59.6 Å². The van der Waals surface area contributed by atoms with Gasteiger partial charge in [0.2, 0.25) is 0 Å². The predicted molar refractivity (Wildman–Crippen MR) is 121 cm³/mol. The molecular formula is C24H27FN2O6. The van der Waals surface area contributed by atoms with Crippen molar-refractivity contribution in [1.82, 2.24) is 4.90 Å². The van der Waals surface area contributed by atoms with Gasteiger partial charge in [-0.25, -0.2) is 9.29 Å². The van der Waals surface area contributed by atoms with Gasteiger partial charge in [-0.1, -0.05) is 12.1 Å². The lowest BCUT2D eigenvalue weighted by Crippen LogP contribution is -2.37. The average molecular weight is 458 g/mol. The van der Waals surface area contributed by atoms with E-state index in [1.165, 1.54) is 38.5 Å². The Hall–Kier alpha value is -3.43. The van der Waals surface area contributed by atoms with Crippen LogP contribution in [-0.4, -0.2) is 71.5 Å². The molecule has 2 aromatic carbocycles. The van der Waals surface area contributed by atoms with Crippen molar-refractivity contribution in [2.45, 2.75) is 0 Å². The Kier molecular flexibility index (Phi) is 8.02. The summed E-state index contributed by atoms with van der Waals surface area (Å²) in [5.41, 5.74) is 1.07. The zero-order valence-corrected chi connectivity index (χ0v) is 19.1. The number of hydrogen-bond donors (Lipinski definition) is 0. The SMILES string of the molecule is COCCN(CCOC)C1=C(c2ccc(F)cc2)C(=O)N(c2ccc(OC)cc2OC)C1=O. The van der Waals surface area contributed by atoms with Crippen LogP contribution >= 0.6 is 0 Å². The van der Waals surface area contributed by atoms with Crippen LogP contribution in [0.4, 0.5) is 10.1 Å². The molecule has 3 rings (SSSR count). The molecule has 0 spiro atoms. The first-order valence-corrected chi connectivity index (χ1v) is 10.3. The van der Waals surface area contributed by atoms with Gasteiger partial charge in [-0.15, -0.1) is 0 Å². The summed E-state index contributed by atoms with van der Waals surface area (Å²) in [6, 6.07) is 10.3. The Balaban J connectivity index is 2.15. The first-order valence-electron chi connectivity index (χ1n) is 10.3. The summed E-state index contributed by atoms with van der Waals surface area (Å²) >= 11 is 0. The van der Waals surface area contributed by atoms with Crippen molar-refractivity contribution in [3.63, 3.8) is 0 Å². The van der Waals surface area contributed by atoms with Crippen LogP contribution in [0.5, 0.6) is 11.5 Å². The Morgan fingerprint density at radius 2 is 1.48 bits per heavy atom. The number of benzene rings is 2. The molecule has 0 aliphatic carbocycles. The second kappa shape index (κ2) is 10.9. The molecule has 0 saturated carbocycles. The molecule has 0 saturated heterocycles. The summed E-state index contributed by atoms with van der Waals surface area (Å²) in [5.74, 6) is -0.679. The summed E-state index contributed by atoms with van der Waals surface area (Å²) in [6.45, 7) is 1.37. The smallest absolute Gasteiger partial charge is 0.282 e. The predicted octanol–water partition coefficient (Wildman–Crippen LogP) is 2.72. The first kappa shape index (κ1) is 24.2. The van der Waals surface area contributed by atoms with E-state index >= 15 is 0 Å². The number of carbonyl (C=O) groups excluding carboxylic acids is 2. The molecule has 33 heavy (non-hydrogen) atoms. The number of ether oxygens (including phenoxy) is 4. The molecule has 1 heterocycles. The van der Waals surface area contributed by atoms with Crippen LogP contribution in [0.15, 0.2) is 48.2 Å². The van der Waals surface area contributed by atoms with E-state index in [2.05, 4.69) is 0 Å². The number of hydrogen-bond acceptors (Lipinski definition) is 7. The molecule has 0 unspecified atom stereocenters. The Bertz CT molecular complexity index is 1030. The molecule has 0 N–H and O–H groups in total. The number of carbonyl (C=O) groups is 2. The number of rotatable bonds is 11. The summed E-state index contributed by atoms with van der Waals surface area (Å²) in [6.07, 6.45) is 0. The average Bonchev–Trinajstić information content (AvgIpc) is 3.09. The van der Waals surface area contributed by atoms with Crippen molar-refractivity contribution in [2.24, 2.45) is 0 Å². The van der Waals surface area contributed by atoms with E-state index in [-0.39, 0.29) is 17.0 Å². The zero-order chi connectivity index (χ0) is 24.0. The molecule has 0 aromatic heterocycles. The molecule has 9 heteroatoms. The lowest BCUT2D eigenvalue weighted by Gasteiger charge is -2.26. The van der Waals surface area contributed by atoms with Gasteiger partial charge in [-0.05, 0) is 29.8 Å². The quantitative estimate of drug-likeness (QED) is 0.479. The number of halogens is 1. The minimum absolute atomic E-state index is 0.171. The third kappa shape index (κ3) is 4.99. The molecule has 8 nitrogen and oxygen atoms in total. The van der Waals surface area contributed by atoms with E-state index in [0.717, 1.165) is 4.90 Å². The molecule has 2 amide bonds. The number of anilines is 1. The Labute approximate surface area is 192 Å². The summed E-state index contributed by atoms with van der Waals surface area (Å²) in [7, 11) is 6.07. The van der Waals surface area contributed by atoms with Crippen LogP contribution in [0.2, 0.25) is 0 Å². The van der Waals surface area contributed by atoms with Crippen LogP contribution in [0.1, 0.15) is 5.56 Å². The second-order valence-electron chi connectivity index (χ2n) is 7.19. The van der Waals surface area contributed by atoms with Gasteiger partial charge in [0, 0.05) is 33.4 Å². The van der Waals surface area contributed by atoms with E-state index in [0.29, 0.717) is 43.4 Å². The third-order valence-corrected chi connectivity index (χ3v) is 5.27. The van der Waals surface area contributed by atoms with Crippen molar-refractivity contribution in [3.8, 4) is 11.5 Å². The molecular weight excluding hydrogens is 431 g/mol. The van der Waals surface area contributed by atoms with Gasteiger partial charge >= 0.3 is 0 Å². The van der Waals surface area contributed by atoms with E-state index in [4.69, 9.17) is 18.9 Å². The van der Waals surface area contributed by atoms with Crippen molar-refractivity contribution >= 4 is 23.1 Å². The number of nitrogens with zero attached hydrogens (tertiary/aromatic N) is 2. The highest BCUT2D eigenvalue weighted by molar-refractivity contribution is 6.45. The minimum Gasteiger partial charge on any atom is -0.497 e. The van der Waals surface area contributed by atoms with Gasteiger partial charge in [0.1, 0.15) is 23.0 Å². The van der Waals surface area contributed by atoms with E-state index < -0.39 is 17.6 Å². The molecule has 1 aliphatic rings. The molecule has 0 radical (unpaired) electrons. The summed E-state index contributed by atoms with van der Waals surface area (Å²) in [5, 5.41) is 0. The van der Waals surface area contributed by atoms with Gasteiger partial charge in [-0.2, -0.15) is 0 Å². The zero-order valence-electron chi connectivity index (χ0n) is 19.1. The fourth-order valence-corrected chi connectivity index (χ4v) is 3.62. The van der Waals surface area contributed by atoms with Crippen LogP contribution < -0.4 is 14.4 Å². The second-order valence-corrected chi connectivity index (χ2v) is 7.19. The summed E-state index contributed by atoms with van der Waals surface area (Å²) in [4.78, 5) is 30.2. The third-order valence-electron chi connectivity index (χ3n) is 5.27. The Morgan fingerprint density at radius 1 is 0.848 bits per heavy atom. The summed E-state index contributed by atoms with van der Waals surface area (Å²) < 4.78 is 34.7. The fraction of sp³-hybridized carbons (Fsp3) is 0.333. The lowest BCUT2D eigenvalue weighted by atomic mass is 10.0. The highest BCUT2D eigenvalue weighted by Gasteiger charge is 2.43. The fourth-order valence-electron chi connectivity index (χ4n) is 3.62. The maximum absolute atomic E-state index is 13.7. The topological polar surface area (TPSA) is 77.5 Å². The Morgan fingerprint density at radius 3 is 2.03 bits per heavy atom. The van der Waals surface area contributed by atoms with Crippen molar-refractivity contribution in [1.29, 1.82) is 0 Å². The van der Waals surface area contributed by atoms with E-state index in [1.807, 2.05) is 0 Å². The number of imide groups is 1. The van der Waals surface area contributed by atoms with Gasteiger partial charge in [0.25, 0.3) is 11.8 Å². The normalized spacial score (nSPS) is 13.7. The molecule has 0 bridgehead atoms. The van der Waals surface area contributed by atoms with Crippen LogP contribution in [0, 0.1) is 5.82 Å². The highest BCUT2D eigenvalue weighted by Crippen LogP contribution is 2.40. The first-order chi connectivity index (χ1) is 16.0. The minimum atomic E-state index is -0.537. The molecule has 2 aromatic rings. The van der Waals surface area contributed by atoms with Gasteiger partial charge < -0.3 is 23.8 Å². The van der Waals surface area contributed by atoms with Crippen LogP contribution in [-0.2, 0) is 19.1 Å². The van der Waals surface area contributed by atoms with Crippen molar-refractivity contribution in [3.05, 3.63) is 59.5 Å². The van der Waals surface area contributed by atoms with Crippen LogP contribution in [0.25, 0.3) is 5.57 Å². The van der Waals surface area contributed by atoms with E-state index in [9.17, 15) is 14.0 Å². The number of amides is 2. The van der Waals surface area contributed by atoms with Crippen LogP contribution in [0.3, 0.4) is 0 Å². The van der Waals surface area contributed by atoms with E-state index in [1.54, 1.807) is 37.3 Å². The van der Waals surface area contributed by atoms with Gasteiger partial charge in [0.05, 0.1) is 38.7 Å². The maximum Gasteiger partial charge on any atom is 0.282 e. The lowest BCUT2D eigenvalue weighted by molar-refractivity contribution is -0.120. The van der Waals surface area contributed by atoms with Crippen molar-refractivity contribution < 1.29 is 32.9 Å².